The summed E-state index contributed by atoms with van der Waals surface area (Å²) < 4.78 is 40.6. The van der Waals surface area contributed by atoms with Crippen molar-refractivity contribution in [2.45, 2.75) is 26.4 Å². The van der Waals surface area contributed by atoms with Crippen molar-refractivity contribution < 1.29 is 23.4 Å². The first kappa shape index (κ1) is 26.8. The molecule has 0 spiro atoms. The Hall–Kier alpha value is -4.25. The van der Waals surface area contributed by atoms with E-state index in [1.807, 2.05) is 12.1 Å². The van der Waals surface area contributed by atoms with E-state index < -0.39 is 12.5 Å². The molecule has 0 bridgehead atoms. The first-order valence-electron chi connectivity index (χ1n) is 12.2. The average Bonchev–Trinajstić information content (AvgIpc) is 2.96. The van der Waals surface area contributed by atoms with Crippen LogP contribution in [-0.4, -0.2) is 18.3 Å². The molecule has 194 valence electrons. The summed E-state index contributed by atoms with van der Waals surface area (Å²) in [5.41, 5.74) is 4.12. The Morgan fingerprint density at radius 2 is 1.66 bits per heavy atom. The number of hydrogen-bond acceptors (Lipinski definition) is 5. The Labute approximate surface area is 220 Å². The SMILES string of the molecule is N#Cc1cccc(COc2cc(OCc3cccc(-c4ccccc4F)c3CF)ccc2CNCCO)c1. The van der Waals surface area contributed by atoms with Crippen molar-refractivity contribution in [2.75, 3.05) is 13.2 Å². The number of nitrogens with zero attached hydrogens (tertiary/aromatic N) is 1. The standard InChI is InChI=1S/C31H28F2N2O3/c32-17-29-25(7-4-9-27(29)28-8-1-2-10-30(28)33)21-37-26-12-11-24(19-35-13-14-36)31(16-26)38-20-23-6-3-5-22(15-23)18-34/h1-12,15-16,35-36H,13-14,17,19-21H2. The van der Waals surface area contributed by atoms with Crippen LogP contribution in [0.25, 0.3) is 11.1 Å². The van der Waals surface area contributed by atoms with Crippen LogP contribution in [0.3, 0.4) is 0 Å². The number of ether oxygens (including phenoxy) is 2. The third-order valence-electron chi connectivity index (χ3n) is 6.06. The van der Waals surface area contributed by atoms with Crippen molar-refractivity contribution in [2.24, 2.45) is 0 Å². The van der Waals surface area contributed by atoms with Gasteiger partial charge in [-0.15, -0.1) is 0 Å². The molecule has 0 aliphatic carbocycles. The summed E-state index contributed by atoms with van der Waals surface area (Å²) in [6, 6.07) is 26.3. The lowest BCUT2D eigenvalue weighted by Crippen LogP contribution is -2.18. The Morgan fingerprint density at radius 3 is 2.45 bits per heavy atom. The highest BCUT2D eigenvalue weighted by atomic mass is 19.1. The minimum absolute atomic E-state index is 0.0151. The summed E-state index contributed by atoms with van der Waals surface area (Å²) in [5.74, 6) is 0.701. The zero-order valence-corrected chi connectivity index (χ0v) is 20.8. The molecule has 4 aromatic carbocycles. The van der Waals surface area contributed by atoms with Gasteiger partial charge in [-0.05, 0) is 46.5 Å². The van der Waals surface area contributed by atoms with Gasteiger partial charge in [-0.3, -0.25) is 0 Å². The van der Waals surface area contributed by atoms with Crippen LogP contribution in [0, 0.1) is 17.1 Å². The van der Waals surface area contributed by atoms with Crippen molar-refractivity contribution in [1.82, 2.24) is 5.32 Å². The third-order valence-corrected chi connectivity index (χ3v) is 6.06. The second-order valence-corrected chi connectivity index (χ2v) is 8.62. The summed E-state index contributed by atoms with van der Waals surface area (Å²) in [6.45, 7) is 0.517. The van der Waals surface area contributed by atoms with Crippen LogP contribution in [0.15, 0.2) is 84.9 Å². The number of halogens is 2. The first-order valence-corrected chi connectivity index (χ1v) is 12.2. The van der Waals surface area contributed by atoms with Crippen molar-refractivity contribution in [3.05, 3.63) is 119 Å². The number of alkyl halides is 1. The van der Waals surface area contributed by atoms with Gasteiger partial charge in [0.15, 0.2) is 0 Å². The van der Waals surface area contributed by atoms with Crippen LogP contribution in [0.2, 0.25) is 0 Å². The van der Waals surface area contributed by atoms with Crippen LogP contribution >= 0.6 is 0 Å². The molecule has 2 N–H and O–H groups in total. The van der Waals surface area contributed by atoms with Gasteiger partial charge in [-0.1, -0.05) is 54.6 Å². The van der Waals surface area contributed by atoms with Gasteiger partial charge in [-0.25, -0.2) is 8.78 Å². The van der Waals surface area contributed by atoms with E-state index in [9.17, 15) is 8.78 Å². The molecule has 0 fully saturated rings. The predicted molar refractivity (Wildman–Crippen MR) is 142 cm³/mol. The maximum atomic E-state index is 14.4. The smallest absolute Gasteiger partial charge is 0.131 e. The highest BCUT2D eigenvalue weighted by Crippen LogP contribution is 2.31. The topological polar surface area (TPSA) is 74.5 Å². The van der Waals surface area contributed by atoms with Gasteiger partial charge < -0.3 is 19.9 Å². The molecular weight excluding hydrogens is 486 g/mol. The molecule has 0 aliphatic rings. The predicted octanol–water partition coefficient (Wildman–Crippen LogP) is 6.07. The van der Waals surface area contributed by atoms with E-state index in [0.29, 0.717) is 52.4 Å². The lowest BCUT2D eigenvalue weighted by molar-refractivity contribution is 0.282. The Bertz CT molecular complexity index is 1420. The van der Waals surface area contributed by atoms with Gasteiger partial charge in [0.2, 0.25) is 0 Å². The lowest BCUT2D eigenvalue weighted by atomic mass is 9.96. The Morgan fingerprint density at radius 1 is 0.842 bits per heavy atom. The van der Waals surface area contributed by atoms with E-state index in [-0.39, 0.29) is 19.8 Å². The van der Waals surface area contributed by atoms with Crippen LogP contribution < -0.4 is 14.8 Å². The molecule has 0 atom stereocenters. The van der Waals surface area contributed by atoms with Crippen molar-refractivity contribution in [3.63, 3.8) is 0 Å². The number of benzene rings is 4. The molecule has 0 aromatic heterocycles. The van der Waals surface area contributed by atoms with E-state index in [4.69, 9.17) is 19.8 Å². The number of hydrogen-bond donors (Lipinski definition) is 2. The molecule has 0 radical (unpaired) electrons. The molecular formula is C31H28F2N2O3. The van der Waals surface area contributed by atoms with E-state index in [2.05, 4.69) is 11.4 Å². The minimum atomic E-state index is -0.755. The molecule has 0 saturated carbocycles. The van der Waals surface area contributed by atoms with Gasteiger partial charge in [0.1, 0.15) is 37.2 Å². The van der Waals surface area contributed by atoms with E-state index in [0.717, 1.165) is 11.1 Å². The summed E-state index contributed by atoms with van der Waals surface area (Å²) >= 11 is 0. The summed E-state index contributed by atoms with van der Waals surface area (Å²) in [5, 5.41) is 21.4. The molecule has 5 nitrogen and oxygen atoms in total. The lowest BCUT2D eigenvalue weighted by Gasteiger charge is -2.16. The van der Waals surface area contributed by atoms with Crippen molar-refractivity contribution in [1.29, 1.82) is 5.26 Å². The molecule has 0 unspecified atom stereocenters. The molecule has 0 aliphatic heterocycles. The highest BCUT2D eigenvalue weighted by molar-refractivity contribution is 5.69. The van der Waals surface area contributed by atoms with E-state index in [1.165, 1.54) is 6.07 Å². The number of aliphatic hydroxyl groups excluding tert-OH is 1. The number of nitrogens with one attached hydrogen (secondary N) is 1. The molecule has 38 heavy (non-hydrogen) atoms. The van der Waals surface area contributed by atoms with Crippen molar-refractivity contribution in [3.8, 4) is 28.7 Å². The Balaban J connectivity index is 1.54. The number of nitriles is 1. The van der Waals surface area contributed by atoms with Gasteiger partial charge in [0.25, 0.3) is 0 Å². The van der Waals surface area contributed by atoms with Crippen LogP contribution in [0.1, 0.15) is 27.8 Å². The fourth-order valence-electron chi connectivity index (χ4n) is 4.12. The molecule has 0 saturated heterocycles. The highest BCUT2D eigenvalue weighted by Gasteiger charge is 2.14. The maximum Gasteiger partial charge on any atom is 0.131 e. The quantitative estimate of drug-likeness (QED) is 0.224. The molecule has 4 aromatic rings. The normalized spacial score (nSPS) is 10.7. The van der Waals surface area contributed by atoms with Gasteiger partial charge >= 0.3 is 0 Å². The fourth-order valence-corrected chi connectivity index (χ4v) is 4.12. The average molecular weight is 515 g/mol. The second-order valence-electron chi connectivity index (χ2n) is 8.62. The zero-order chi connectivity index (χ0) is 26.7. The van der Waals surface area contributed by atoms with Crippen LogP contribution in [-0.2, 0) is 26.4 Å². The van der Waals surface area contributed by atoms with Gasteiger partial charge in [0.05, 0.1) is 18.2 Å². The van der Waals surface area contributed by atoms with Crippen molar-refractivity contribution >= 4 is 0 Å². The molecule has 7 heteroatoms. The van der Waals surface area contributed by atoms with Crippen LogP contribution in [0.5, 0.6) is 11.5 Å². The second kappa shape index (κ2) is 13.3. The molecule has 0 heterocycles. The number of aliphatic hydroxyl groups is 1. The third kappa shape index (κ3) is 6.74. The Kier molecular flexibility index (Phi) is 9.41. The zero-order valence-electron chi connectivity index (χ0n) is 20.8. The van der Waals surface area contributed by atoms with E-state index >= 15 is 0 Å². The summed E-state index contributed by atoms with van der Waals surface area (Å²) in [4.78, 5) is 0. The summed E-state index contributed by atoms with van der Waals surface area (Å²) in [6.07, 6.45) is 0. The molecule has 0 amide bonds. The largest absolute Gasteiger partial charge is 0.489 e. The number of rotatable bonds is 12. The van der Waals surface area contributed by atoms with E-state index in [1.54, 1.807) is 66.7 Å². The molecule has 4 rings (SSSR count). The maximum absolute atomic E-state index is 14.4. The summed E-state index contributed by atoms with van der Waals surface area (Å²) in [7, 11) is 0. The van der Waals surface area contributed by atoms with Gasteiger partial charge in [0, 0.05) is 30.3 Å². The minimum Gasteiger partial charge on any atom is -0.489 e. The first-order chi connectivity index (χ1) is 18.6. The fraction of sp³-hybridized carbons (Fsp3) is 0.194. The van der Waals surface area contributed by atoms with Crippen LogP contribution in [0.4, 0.5) is 8.78 Å². The van der Waals surface area contributed by atoms with Gasteiger partial charge in [-0.2, -0.15) is 5.26 Å². The monoisotopic (exact) mass is 514 g/mol.